The van der Waals surface area contributed by atoms with Crippen LogP contribution in [-0.4, -0.2) is 29.2 Å². The van der Waals surface area contributed by atoms with Crippen LogP contribution in [0.3, 0.4) is 0 Å². The number of aromatic nitrogens is 1. The maximum Gasteiger partial charge on any atom is 0.126 e. The molecule has 1 rings (SSSR count). The van der Waals surface area contributed by atoms with Crippen LogP contribution in [0.4, 0.5) is 5.82 Å². The minimum Gasteiger partial charge on any atom is -0.389 e. The van der Waals surface area contributed by atoms with Crippen LogP contribution in [-0.2, 0) is 4.74 Å². The lowest BCUT2D eigenvalue weighted by Gasteiger charge is -2.25. The second-order valence-corrected chi connectivity index (χ2v) is 4.68. The Morgan fingerprint density at radius 3 is 2.69 bits per heavy atom. The van der Waals surface area contributed by atoms with Gasteiger partial charge < -0.3 is 15.8 Å². The number of ether oxygens (including phenoxy) is 1. The average Bonchev–Trinajstić information content (AvgIpc) is 2.17. The van der Waals surface area contributed by atoms with Gasteiger partial charge in [0.1, 0.15) is 10.8 Å². The van der Waals surface area contributed by atoms with Crippen molar-refractivity contribution in [2.24, 2.45) is 5.73 Å². The molecule has 0 saturated heterocycles. The van der Waals surface area contributed by atoms with E-state index in [1.165, 1.54) is 0 Å². The fraction of sp³-hybridized carbons (Fsp3) is 0.455. The van der Waals surface area contributed by atoms with Gasteiger partial charge in [0.05, 0.1) is 12.1 Å². The molecular formula is C11H17N3OS. The van der Waals surface area contributed by atoms with E-state index >= 15 is 0 Å². The second kappa shape index (κ2) is 5.23. The van der Waals surface area contributed by atoms with Gasteiger partial charge in [0.2, 0.25) is 0 Å². The standard InChI is InChI=1S/C11H17N3OS/c1-11(2,7-15-3)14-9-5-4-8(6-13-9)10(12)16/h4-6H,7H2,1-3H3,(H2,12,16)(H,13,14). The van der Waals surface area contributed by atoms with Crippen molar-refractivity contribution in [1.82, 2.24) is 4.98 Å². The third-order valence-electron chi connectivity index (χ3n) is 2.02. The summed E-state index contributed by atoms with van der Waals surface area (Å²) in [4.78, 5) is 4.59. The van der Waals surface area contributed by atoms with Crippen molar-refractivity contribution < 1.29 is 4.74 Å². The van der Waals surface area contributed by atoms with E-state index in [9.17, 15) is 0 Å². The molecule has 88 valence electrons. The topological polar surface area (TPSA) is 60.2 Å². The number of hydrogen-bond donors (Lipinski definition) is 2. The monoisotopic (exact) mass is 239 g/mol. The molecule has 1 aromatic heterocycles. The Hall–Kier alpha value is -1.20. The quantitative estimate of drug-likeness (QED) is 0.763. The number of thiocarbonyl (C=S) groups is 1. The molecule has 4 nitrogen and oxygen atoms in total. The number of methoxy groups -OCH3 is 1. The molecule has 1 heterocycles. The van der Waals surface area contributed by atoms with Gasteiger partial charge in [-0.1, -0.05) is 12.2 Å². The predicted octanol–water partition coefficient (Wildman–Crippen LogP) is 1.55. The highest BCUT2D eigenvalue weighted by Crippen LogP contribution is 2.13. The molecule has 0 atom stereocenters. The molecule has 3 N–H and O–H groups in total. The van der Waals surface area contributed by atoms with Crippen molar-refractivity contribution in [2.75, 3.05) is 19.0 Å². The molecule has 0 radical (unpaired) electrons. The zero-order chi connectivity index (χ0) is 12.2. The molecule has 0 fully saturated rings. The maximum absolute atomic E-state index is 5.49. The maximum atomic E-state index is 5.49. The Labute approximate surface area is 101 Å². The summed E-state index contributed by atoms with van der Waals surface area (Å²) >= 11 is 4.85. The highest BCUT2D eigenvalue weighted by atomic mass is 32.1. The lowest BCUT2D eigenvalue weighted by atomic mass is 10.1. The third-order valence-corrected chi connectivity index (χ3v) is 2.26. The summed E-state index contributed by atoms with van der Waals surface area (Å²) in [5.74, 6) is 0.780. The summed E-state index contributed by atoms with van der Waals surface area (Å²) in [5.41, 5.74) is 6.10. The van der Waals surface area contributed by atoms with Gasteiger partial charge in [0.25, 0.3) is 0 Å². The van der Waals surface area contributed by atoms with Crippen LogP contribution < -0.4 is 11.1 Å². The van der Waals surface area contributed by atoms with Gasteiger partial charge in [-0.2, -0.15) is 0 Å². The number of nitrogens with two attached hydrogens (primary N) is 1. The minimum absolute atomic E-state index is 0.160. The van der Waals surface area contributed by atoms with Crippen LogP contribution in [0.2, 0.25) is 0 Å². The predicted molar refractivity (Wildman–Crippen MR) is 69.7 cm³/mol. The van der Waals surface area contributed by atoms with Crippen LogP contribution >= 0.6 is 12.2 Å². The van der Waals surface area contributed by atoms with E-state index in [0.29, 0.717) is 11.6 Å². The Morgan fingerprint density at radius 2 is 2.25 bits per heavy atom. The summed E-state index contributed by atoms with van der Waals surface area (Å²) in [6, 6.07) is 3.70. The lowest BCUT2D eigenvalue weighted by Crippen LogP contribution is -2.36. The summed E-state index contributed by atoms with van der Waals surface area (Å²) < 4.78 is 5.11. The molecule has 0 aliphatic heterocycles. The molecule has 0 saturated carbocycles. The molecule has 16 heavy (non-hydrogen) atoms. The Balaban J connectivity index is 2.72. The van der Waals surface area contributed by atoms with E-state index in [1.807, 2.05) is 26.0 Å². The van der Waals surface area contributed by atoms with Crippen molar-refractivity contribution in [3.8, 4) is 0 Å². The minimum atomic E-state index is -0.160. The number of rotatable bonds is 5. The average molecular weight is 239 g/mol. The zero-order valence-electron chi connectivity index (χ0n) is 9.78. The van der Waals surface area contributed by atoms with Gasteiger partial charge in [-0.3, -0.25) is 0 Å². The van der Waals surface area contributed by atoms with E-state index in [-0.39, 0.29) is 5.54 Å². The highest BCUT2D eigenvalue weighted by molar-refractivity contribution is 7.80. The van der Waals surface area contributed by atoms with Crippen LogP contribution in [0.15, 0.2) is 18.3 Å². The third kappa shape index (κ3) is 3.75. The first-order valence-electron chi connectivity index (χ1n) is 4.97. The van der Waals surface area contributed by atoms with E-state index in [2.05, 4.69) is 10.3 Å². The Bertz CT molecular complexity index is 362. The molecular weight excluding hydrogens is 222 g/mol. The molecule has 0 spiro atoms. The van der Waals surface area contributed by atoms with Crippen molar-refractivity contribution in [3.05, 3.63) is 23.9 Å². The first-order valence-corrected chi connectivity index (χ1v) is 5.38. The zero-order valence-corrected chi connectivity index (χ0v) is 10.6. The van der Waals surface area contributed by atoms with Crippen LogP contribution in [0.5, 0.6) is 0 Å². The number of pyridine rings is 1. The smallest absolute Gasteiger partial charge is 0.126 e. The van der Waals surface area contributed by atoms with E-state index in [1.54, 1.807) is 13.3 Å². The molecule has 0 amide bonds. The van der Waals surface area contributed by atoms with Crippen LogP contribution in [0.25, 0.3) is 0 Å². The van der Waals surface area contributed by atoms with Crippen molar-refractivity contribution in [3.63, 3.8) is 0 Å². The van der Waals surface area contributed by atoms with E-state index < -0.39 is 0 Å². The second-order valence-electron chi connectivity index (χ2n) is 4.24. The molecule has 0 aliphatic carbocycles. The van der Waals surface area contributed by atoms with E-state index in [0.717, 1.165) is 11.4 Å². The van der Waals surface area contributed by atoms with Crippen molar-refractivity contribution >= 4 is 23.0 Å². The SMILES string of the molecule is COCC(C)(C)Nc1ccc(C(N)=S)cn1. The first kappa shape index (κ1) is 12.9. The van der Waals surface area contributed by atoms with Gasteiger partial charge in [-0.25, -0.2) is 4.98 Å². The number of nitrogens with zero attached hydrogens (tertiary/aromatic N) is 1. The molecule has 0 unspecified atom stereocenters. The number of anilines is 1. The van der Waals surface area contributed by atoms with Gasteiger partial charge >= 0.3 is 0 Å². The molecule has 0 aliphatic rings. The van der Waals surface area contributed by atoms with Gasteiger partial charge in [-0.05, 0) is 26.0 Å². The Kier molecular flexibility index (Phi) is 4.20. The number of hydrogen-bond acceptors (Lipinski definition) is 4. The first-order chi connectivity index (χ1) is 7.44. The Morgan fingerprint density at radius 1 is 1.56 bits per heavy atom. The summed E-state index contributed by atoms with van der Waals surface area (Å²) in [5, 5.41) is 3.27. The van der Waals surface area contributed by atoms with Crippen molar-refractivity contribution in [2.45, 2.75) is 19.4 Å². The summed E-state index contributed by atoms with van der Waals surface area (Å²) in [6.45, 7) is 4.69. The summed E-state index contributed by atoms with van der Waals surface area (Å²) in [7, 11) is 1.67. The highest BCUT2D eigenvalue weighted by Gasteiger charge is 2.17. The molecule has 0 aromatic carbocycles. The van der Waals surface area contributed by atoms with Gasteiger partial charge in [0.15, 0.2) is 0 Å². The van der Waals surface area contributed by atoms with Crippen molar-refractivity contribution in [1.29, 1.82) is 0 Å². The molecule has 1 aromatic rings. The molecule has 0 bridgehead atoms. The fourth-order valence-corrected chi connectivity index (χ4v) is 1.48. The van der Waals surface area contributed by atoms with Crippen LogP contribution in [0.1, 0.15) is 19.4 Å². The molecule has 5 heteroatoms. The van der Waals surface area contributed by atoms with Gasteiger partial charge in [0, 0.05) is 18.9 Å². The fourth-order valence-electron chi connectivity index (χ4n) is 1.36. The van der Waals surface area contributed by atoms with E-state index in [4.69, 9.17) is 22.7 Å². The van der Waals surface area contributed by atoms with Crippen LogP contribution in [0, 0.1) is 0 Å². The number of nitrogens with one attached hydrogen (secondary N) is 1. The summed E-state index contributed by atoms with van der Waals surface area (Å²) in [6.07, 6.45) is 1.66. The lowest BCUT2D eigenvalue weighted by molar-refractivity contribution is 0.158. The largest absolute Gasteiger partial charge is 0.389 e. The van der Waals surface area contributed by atoms with Gasteiger partial charge in [-0.15, -0.1) is 0 Å². The normalized spacial score (nSPS) is 11.2.